The van der Waals surface area contributed by atoms with Gasteiger partial charge < -0.3 is 9.47 Å². The fourth-order valence-electron chi connectivity index (χ4n) is 7.37. The monoisotopic (exact) mass is 627 g/mol. The van der Waals surface area contributed by atoms with Crippen LogP contribution >= 0.6 is 0 Å². The molecule has 7 aromatic rings. The molecule has 236 valence electrons. The highest BCUT2D eigenvalue weighted by Crippen LogP contribution is 2.37. The average molecular weight is 628 g/mol. The molecule has 2 aromatic heterocycles. The number of halogens is 1. The largest absolute Gasteiger partial charge is 0.370 e. The van der Waals surface area contributed by atoms with Crippen LogP contribution in [0.2, 0.25) is 0 Å². The number of aromatic nitrogens is 2. The van der Waals surface area contributed by atoms with Crippen LogP contribution in [0.15, 0.2) is 140 Å². The molecular formula is C44H38FN3. The summed E-state index contributed by atoms with van der Waals surface area (Å²) in [5.74, 6) is -0.193. The van der Waals surface area contributed by atoms with Crippen molar-refractivity contribution in [3.8, 4) is 22.3 Å². The molecule has 0 N–H and O–H groups in total. The molecule has 1 aliphatic carbocycles. The molecule has 0 atom stereocenters. The SMILES string of the molecule is C1=Cn2ccc(-c3ccncc3)c2CN1CCc1ccccc1.Fc1ccc(-c2cccc3c2ccc2c4c(ccc23)CCCC4)cc1. The normalized spacial score (nSPS) is 13.6. The van der Waals surface area contributed by atoms with E-state index in [1.807, 2.05) is 24.5 Å². The number of aryl methyl sites for hydroxylation is 2. The van der Waals surface area contributed by atoms with Gasteiger partial charge in [0.1, 0.15) is 5.82 Å². The third kappa shape index (κ3) is 6.02. The Morgan fingerprint density at radius 1 is 0.604 bits per heavy atom. The first kappa shape index (κ1) is 29.9. The number of hydrogen-bond acceptors (Lipinski definition) is 2. The van der Waals surface area contributed by atoms with Gasteiger partial charge in [0.2, 0.25) is 0 Å². The predicted octanol–water partition coefficient (Wildman–Crippen LogP) is 10.7. The van der Waals surface area contributed by atoms with E-state index >= 15 is 0 Å². The summed E-state index contributed by atoms with van der Waals surface area (Å²) in [7, 11) is 0. The van der Waals surface area contributed by atoms with Crippen molar-refractivity contribution in [1.29, 1.82) is 0 Å². The lowest BCUT2D eigenvalue weighted by atomic mass is 9.86. The molecule has 2 aliphatic rings. The highest BCUT2D eigenvalue weighted by molar-refractivity contribution is 6.13. The summed E-state index contributed by atoms with van der Waals surface area (Å²) in [5.41, 5.74) is 10.5. The van der Waals surface area contributed by atoms with Crippen LogP contribution in [0.1, 0.15) is 35.2 Å². The van der Waals surface area contributed by atoms with E-state index in [9.17, 15) is 4.39 Å². The van der Waals surface area contributed by atoms with E-state index in [0.29, 0.717) is 0 Å². The number of fused-ring (bicyclic) bond motifs is 6. The number of rotatable bonds is 5. The number of hydrogen-bond donors (Lipinski definition) is 0. The van der Waals surface area contributed by atoms with Crippen LogP contribution in [-0.4, -0.2) is 21.0 Å². The predicted molar refractivity (Wildman–Crippen MR) is 197 cm³/mol. The topological polar surface area (TPSA) is 21.1 Å². The first-order chi connectivity index (χ1) is 23.7. The summed E-state index contributed by atoms with van der Waals surface area (Å²) in [5, 5.41) is 5.26. The minimum absolute atomic E-state index is 0.193. The van der Waals surface area contributed by atoms with Crippen LogP contribution in [0.3, 0.4) is 0 Å². The molecule has 4 heteroatoms. The van der Waals surface area contributed by atoms with Crippen molar-refractivity contribution < 1.29 is 4.39 Å². The molecule has 3 nitrogen and oxygen atoms in total. The van der Waals surface area contributed by atoms with E-state index in [1.165, 1.54) is 92.9 Å². The zero-order chi connectivity index (χ0) is 32.3. The second kappa shape index (κ2) is 13.3. The maximum atomic E-state index is 13.3. The Kier molecular flexibility index (Phi) is 8.30. The average Bonchev–Trinajstić information content (AvgIpc) is 3.58. The minimum atomic E-state index is -0.193. The maximum absolute atomic E-state index is 13.3. The van der Waals surface area contributed by atoms with Crippen LogP contribution < -0.4 is 0 Å². The van der Waals surface area contributed by atoms with Gasteiger partial charge in [-0.05, 0) is 117 Å². The molecule has 9 rings (SSSR count). The highest BCUT2D eigenvalue weighted by atomic mass is 19.1. The van der Waals surface area contributed by atoms with Crippen molar-refractivity contribution in [3.05, 3.63) is 168 Å². The summed E-state index contributed by atoms with van der Waals surface area (Å²) in [6, 6.07) is 39.4. The second-order valence-electron chi connectivity index (χ2n) is 12.8. The maximum Gasteiger partial charge on any atom is 0.123 e. The Morgan fingerprint density at radius 2 is 1.35 bits per heavy atom. The van der Waals surface area contributed by atoms with Gasteiger partial charge in [-0.2, -0.15) is 0 Å². The fourth-order valence-corrected chi connectivity index (χ4v) is 7.37. The van der Waals surface area contributed by atoms with Crippen molar-refractivity contribution in [2.45, 2.75) is 38.6 Å². The number of nitrogens with zero attached hydrogens (tertiary/aromatic N) is 3. The quantitative estimate of drug-likeness (QED) is 0.177. The Hall–Kier alpha value is -5.48. The molecule has 0 amide bonds. The molecule has 0 unspecified atom stereocenters. The van der Waals surface area contributed by atoms with Gasteiger partial charge in [0.15, 0.2) is 0 Å². The van der Waals surface area contributed by atoms with Crippen molar-refractivity contribution in [3.63, 3.8) is 0 Å². The van der Waals surface area contributed by atoms with Crippen LogP contribution in [0.5, 0.6) is 0 Å². The molecule has 5 aromatic carbocycles. The molecule has 0 spiro atoms. The van der Waals surface area contributed by atoms with E-state index in [0.717, 1.165) is 30.6 Å². The molecular weight excluding hydrogens is 590 g/mol. The zero-order valence-corrected chi connectivity index (χ0v) is 27.0. The molecule has 0 saturated heterocycles. The van der Waals surface area contributed by atoms with E-state index < -0.39 is 0 Å². The summed E-state index contributed by atoms with van der Waals surface area (Å²) >= 11 is 0. The third-order valence-corrected chi connectivity index (χ3v) is 9.88. The Morgan fingerprint density at radius 3 is 2.21 bits per heavy atom. The van der Waals surface area contributed by atoms with Gasteiger partial charge in [-0.1, -0.05) is 84.9 Å². The fraction of sp³-hybridized carbons (Fsp3) is 0.159. The molecule has 0 bridgehead atoms. The lowest BCUT2D eigenvalue weighted by molar-refractivity contribution is 0.360. The van der Waals surface area contributed by atoms with Gasteiger partial charge in [-0.15, -0.1) is 0 Å². The van der Waals surface area contributed by atoms with Crippen molar-refractivity contribution in [2.24, 2.45) is 0 Å². The standard InChI is InChI=1S/C24H19F.C20H19N3/c25-18-11-8-17(9-12-18)20-6-3-7-21-22(20)14-15-23-19-5-2-1-4-16(19)10-13-24(21)23;1-2-4-17(5-3-1)8-12-22-14-15-23-13-9-19(20(23)16-22)18-6-10-21-11-7-18/h3,6-15H,1-2,4-5H2;1-7,9-11,13-15H,8,12,16H2. The van der Waals surface area contributed by atoms with Gasteiger partial charge >= 0.3 is 0 Å². The van der Waals surface area contributed by atoms with Crippen molar-refractivity contribution >= 4 is 27.7 Å². The Labute approximate surface area is 281 Å². The van der Waals surface area contributed by atoms with Crippen LogP contribution in [-0.2, 0) is 25.8 Å². The van der Waals surface area contributed by atoms with Crippen LogP contribution in [0, 0.1) is 5.82 Å². The lowest BCUT2D eigenvalue weighted by Gasteiger charge is -2.25. The zero-order valence-electron chi connectivity index (χ0n) is 27.0. The van der Waals surface area contributed by atoms with Gasteiger partial charge in [-0.3, -0.25) is 4.98 Å². The number of benzene rings is 5. The van der Waals surface area contributed by atoms with E-state index in [2.05, 4.69) is 124 Å². The molecule has 48 heavy (non-hydrogen) atoms. The third-order valence-electron chi connectivity index (χ3n) is 9.88. The molecule has 3 heterocycles. The van der Waals surface area contributed by atoms with Gasteiger partial charge in [0.05, 0.1) is 6.54 Å². The van der Waals surface area contributed by atoms with Gasteiger partial charge in [-0.25, -0.2) is 4.39 Å². The first-order valence-electron chi connectivity index (χ1n) is 17.0. The van der Waals surface area contributed by atoms with Crippen LogP contribution in [0.4, 0.5) is 4.39 Å². The minimum Gasteiger partial charge on any atom is -0.370 e. The lowest BCUT2D eigenvalue weighted by Crippen LogP contribution is -2.24. The van der Waals surface area contributed by atoms with E-state index in [1.54, 1.807) is 0 Å². The second-order valence-corrected chi connectivity index (χ2v) is 12.8. The summed E-state index contributed by atoms with van der Waals surface area (Å²) < 4.78 is 15.5. The highest BCUT2D eigenvalue weighted by Gasteiger charge is 2.17. The van der Waals surface area contributed by atoms with E-state index in [4.69, 9.17) is 0 Å². The summed E-state index contributed by atoms with van der Waals surface area (Å²) in [4.78, 5) is 6.50. The van der Waals surface area contributed by atoms with Crippen molar-refractivity contribution in [2.75, 3.05) is 6.54 Å². The van der Waals surface area contributed by atoms with Gasteiger partial charge in [0.25, 0.3) is 0 Å². The molecule has 0 saturated carbocycles. The molecule has 0 fully saturated rings. The molecule has 0 radical (unpaired) electrons. The first-order valence-corrected chi connectivity index (χ1v) is 17.0. The summed E-state index contributed by atoms with van der Waals surface area (Å²) in [6.45, 7) is 1.97. The van der Waals surface area contributed by atoms with Crippen LogP contribution in [0.25, 0.3) is 50.0 Å². The Bertz CT molecular complexity index is 2220. The van der Waals surface area contributed by atoms with E-state index in [-0.39, 0.29) is 5.82 Å². The number of pyridine rings is 1. The van der Waals surface area contributed by atoms with Gasteiger partial charge in [0, 0.05) is 48.8 Å². The summed E-state index contributed by atoms with van der Waals surface area (Å²) in [6.07, 6.45) is 16.2. The smallest absolute Gasteiger partial charge is 0.123 e. The molecule has 1 aliphatic heterocycles. The van der Waals surface area contributed by atoms with Crippen molar-refractivity contribution in [1.82, 2.24) is 14.5 Å². The Balaban J connectivity index is 0.000000141.